The first kappa shape index (κ1) is 19.6. The van der Waals surface area contributed by atoms with E-state index in [4.69, 9.17) is 0 Å². The summed E-state index contributed by atoms with van der Waals surface area (Å²) in [4.78, 5) is 23.7. The smallest absolute Gasteiger partial charge is 0.252 e. The molecule has 0 aliphatic heterocycles. The summed E-state index contributed by atoms with van der Waals surface area (Å²) in [7, 11) is 0. The van der Waals surface area contributed by atoms with Gasteiger partial charge >= 0.3 is 0 Å². The second-order valence-corrected chi connectivity index (χ2v) is 6.47. The number of rotatable bonds is 6. The summed E-state index contributed by atoms with van der Waals surface area (Å²) in [5.41, 5.74) is -0.540. The lowest BCUT2D eigenvalue weighted by atomic mass is 10.2. The van der Waals surface area contributed by atoms with Crippen LogP contribution in [0, 0.1) is 22.7 Å². The van der Waals surface area contributed by atoms with E-state index < -0.39 is 46.7 Å². The number of thioether (sulfide) groups is 1. The maximum atomic E-state index is 13.5. The van der Waals surface area contributed by atoms with Gasteiger partial charge in [-0.05, 0) is 36.9 Å². The molecule has 1 atom stereocenters. The van der Waals surface area contributed by atoms with Crippen molar-refractivity contribution in [1.82, 2.24) is 5.32 Å². The van der Waals surface area contributed by atoms with Crippen molar-refractivity contribution in [3.05, 3.63) is 59.2 Å². The molecule has 0 fully saturated rings. The first-order valence-corrected chi connectivity index (χ1v) is 8.23. The molecule has 0 saturated carbocycles. The van der Waals surface area contributed by atoms with E-state index in [1.165, 1.54) is 6.20 Å². The Bertz CT molecular complexity index is 836. The Morgan fingerprint density at radius 1 is 1.19 bits per heavy atom. The molecule has 0 saturated heterocycles. The van der Waals surface area contributed by atoms with E-state index in [-0.39, 0.29) is 0 Å². The van der Waals surface area contributed by atoms with Gasteiger partial charge in [0.25, 0.3) is 5.03 Å². The molecule has 1 heterocycles. The maximum absolute atomic E-state index is 13.5. The predicted molar refractivity (Wildman–Crippen MR) is 88.7 cm³/mol. The molecule has 0 radical (unpaired) electrons. The fourth-order valence-corrected chi connectivity index (χ4v) is 2.74. The number of hydrogen-bond acceptors (Lipinski definition) is 4. The Hall–Kier alpha value is -2.75. The lowest BCUT2D eigenvalue weighted by molar-refractivity contribution is -0.645. The molecule has 0 spiro atoms. The maximum Gasteiger partial charge on any atom is 0.252 e. The molecule has 2 N–H and O–H groups in total. The van der Waals surface area contributed by atoms with Crippen LogP contribution in [0.5, 0.6) is 0 Å². The van der Waals surface area contributed by atoms with Crippen molar-refractivity contribution in [1.29, 1.82) is 0 Å². The highest BCUT2D eigenvalue weighted by Crippen LogP contribution is 2.20. The number of aromatic nitrogens is 1. The van der Waals surface area contributed by atoms with Crippen LogP contribution in [0.25, 0.3) is 0 Å². The normalized spacial score (nSPS) is 11.7. The molecule has 0 bridgehead atoms. The summed E-state index contributed by atoms with van der Waals surface area (Å²) in [6.07, 6.45) is 1.29. The summed E-state index contributed by atoms with van der Waals surface area (Å²) in [5, 5.41) is 15.5. The molecule has 26 heavy (non-hydrogen) atoms. The van der Waals surface area contributed by atoms with Gasteiger partial charge in [-0.15, -0.1) is 0 Å². The number of anilines is 1. The van der Waals surface area contributed by atoms with Crippen LogP contribution in [0.2, 0.25) is 0 Å². The Morgan fingerprint density at radius 3 is 2.62 bits per heavy atom. The van der Waals surface area contributed by atoms with Crippen molar-refractivity contribution in [3.8, 4) is 0 Å². The molecule has 10 heteroatoms. The van der Waals surface area contributed by atoms with Crippen LogP contribution in [0.15, 0.2) is 41.6 Å². The molecule has 1 aromatic heterocycles. The van der Waals surface area contributed by atoms with E-state index in [1.807, 2.05) is 5.32 Å². The predicted octanol–water partition coefficient (Wildman–Crippen LogP) is 1.97. The molecular formula is C16H14F3N3O3S. The van der Waals surface area contributed by atoms with E-state index in [1.54, 1.807) is 25.1 Å². The number of amides is 2. The second kappa shape index (κ2) is 8.56. The third kappa shape index (κ3) is 4.88. The van der Waals surface area contributed by atoms with Crippen molar-refractivity contribution < 1.29 is 27.5 Å². The minimum atomic E-state index is -1.70. The highest BCUT2D eigenvalue weighted by molar-refractivity contribution is 8.00. The summed E-state index contributed by atoms with van der Waals surface area (Å²) >= 11 is 0.995. The van der Waals surface area contributed by atoms with Crippen LogP contribution in [-0.2, 0) is 9.59 Å². The summed E-state index contributed by atoms with van der Waals surface area (Å²) in [5.74, 6) is -5.96. The van der Waals surface area contributed by atoms with E-state index in [0.717, 1.165) is 17.8 Å². The van der Waals surface area contributed by atoms with Gasteiger partial charge in [0.2, 0.25) is 11.8 Å². The van der Waals surface area contributed by atoms with Gasteiger partial charge in [-0.3, -0.25) is 9.59 Å². The Morgan fingerprint density at radius 2 is 1.92 bits per heavy atom. The van der Waals surface area contributed by atoms with E-state index >= 15 is 0 Å². The SMILES string of the molecule is C[C@@H](Sc1cccc[n+]1[O-])C(=O)NCC(=O)Nc1ccc(F)c(F)c1F. The standard InChI is InChI=1S/C16H14F3N3O3S/c1-9(26-13-4-2-3-7-22(13)25)16(24)20-8-12(23)21-11-6-5-10(17)14(18)15(11)19/h2-7,9H,8H2,1H3,(H,20,24)(H,21,23)/t9-/m1/s1. The molecular weight excluding hydrogens is 371 g/mol. The minimum Gasteiger partial charge on any atom is -0.618 e. The second-order valence-electron chi connectivity index (χ2n) is 5.11. The quantitative estimate of drug-likeness (QED) is 0.345. The van der Waals surface area contributed by atoms with Gasteiger partial charge in [0, 0.05) is 12.1 Å². The van der Waals surface area contributed by atoms with Crippen LogP contribution in [0.4, 0.5) is 18.9 Å². The van der Waals surface area contributed by atoms with Crippen LogP contribution in [0.3, 0.4) is 0 Å². The number of nitrogens with one attached hydrogen (secondary N) is 2. The van der Waals surface area contributed by atoms with Crippen molar-refractivity contribution in [2.24, 2.45) is 0 Å². The Balaban J connectivity index is 1.88. The lowest BCUT2D eigenvalue weighted by Gasteiger charge is -2.12. The highest BCUT2D eigenvalue weighted by Gasteiger charge is 2.20. The van der Waals surface area contributed by atoms with Gasteiger partial charge in [-0.2, -0.15) is 4.73 Å². The van der Waals surface area contributed by atoms with E-state index in [9.17, 15) is 28.0 Å². The molecule has 2 amide bonds. The van der Waals surface area contributed by atoms with Gasteiger partial charge in [-0.25, -0.2) is 13.2 Å². The number of carbonyl (C=O) groups excluding carboxylic acids is 2. The molecule has 2 aromatic rings. The molecule has 0 unspecified atom stereocenters. The number of halogens is 3. The monoisotopic (exact) mass is 385 g/mol. The Kier molecular flexibility index (Phi) is 6.45. The third-order valence-corrected chi connectivity index (χ3v) is 4.31. The molecule has 0 aliphatic rings. The molecule has 2 rings (SSSR count). The number of benzene rings is 1. The summed E-state index contributed by atoms with van der Waals surface area (Å²) < 4.78 is 40.0. The lowest BCUT2D eigenvalue weighted by Crippen LogP contribution is -2.38. The molecule has 1 aromatic carbocycles. The third-order valence-electron chi connectivity index (χ3n) is 3.19. The molecule has 6 nitrogen and oxygen atoms in total. The fourth-order valence-electron chi connectivity index (χ4n) is 1.87. The number of hydrogen-bond donors (Lipinski definition) is 2. The van der Waals surface area contributed by atoms with Gasteiger partial charge in [-0.1, -0.05) is 0 Å². The zero-order valence-corrected chi connectivity index (χ0v) is 14.3. The number of carbonyl (C=O) groups is 2. The average molecular weight is 385 g/mol. The summed E-state index contributed by atoms with van der Waals surface area (Å²) in [6, 6.07) is 6.27. The number of pyridine rings is 1. The first-order valence-electron chi connectivity index (χ1n) is 7.35. The largest absolute Gasteiger partial charge is 0.618 e. The topological polar surface area (TPSA) is 85.1 Å². The van der Waals surface area contributed by atoms with Crippen LogP contribution < -0.4 is 15.4 Å². The Labute approximate surface area is 151 Å². The van der Waals surface area contributed by atoms with Gasteiger partial charge in [0.15, 0.2) is 23.6 Å². The van der Waals surface area contributed by atoms with Gasteiger partial charge in [0.05, 0.1) is 17.5 Å². The molecule has 138 valence electrons. The van der Waals surface area contributed by atoms with Crippen molar-refractivity contribution in [2.75, 3.05) is 11.9 Å². The van der Waals surface area contributed by atoms with E-state index in [2.05, 4.69) is 5.32 Å². The fraction of sp³-hybridized carbons (Fsp3) is 0.188. The highest BCUT2D eigenvalue weighted by atomic mass is 32.2. The minimum absolute atomic E-state index is 0.309. The van der Waals surface area contributed by atoms with Crippen molar-refractivity contribution >= 4 is 29.3 Å². The van der Waals surface area contributed by atoms with Crippen molar-refractivity contribution in [2.45, 2.75) is 17.2 Å². The molecule has 0 aliphatic carbocycles. The average Bonchev–Trinajstić information content (AvgIpc) is 2.62. The van der Waals surface area contributed by atoms with Crippen molar-refractivity contribution in [3.63, 3.8) is 0 Å². The van der Waals surface area contributed by atoms with E-state index in [0.29, 0.717) is 15.8 Å². The zero-order chi connectivity index (χ0) is 19.3. The first-order chi connectivity index (χ1) is 12.3. The summed E-state index contributed by atoms with van der Waals surface area (Å²) in [6.45, 7) is 1.04. The van der Waals surface area contributed by atoms with Crippen LogP contribution >= 0.6 is 11.8 Å². The zero-order valence-electron chi connectivity index (χ0n) is 13.5. The number of nitrogens with zero attached hydrogens (tertiary/aromatic N) is 1. The van der Waals surface area contributed by atoms with Gasteiger partial charge < -0.3 is 15.8 Å². The van der Waals surface area contributed by atoms with Crippen LogP contribution in [-0.4, -0.2) is 23.6 Å². The van der Waals surface area contributed by atoms with Gasteiger partial charge in [0.1, 0.15) is 0 Å². The van der Waals surface area contributed by atoms with Crippen LogP contribution in [0.1, 0.15) is 6.92 Å².